The minimum Gasteiger partial charge on any atom is -0.482 e. The summed E-state index contributed by atoms with van der Waals surface area (Å²) in [5.74, 6) is 0.270. The summed E-state index contributed by atoms with van der Waals surface area (Å²) in [6.07, 6.45) is 4.24. The minimum absolute atomic E-state index is 0.324. The van der Waals surface area contributed by atoms with Crippen LogP contribution in [-0.4, -0.2) is 12.1 Å². The van der Waals surface area contributed by atoms with Crippen molar-refractivity contribution in [3.63, 3.8) is 0 Å². The first-order valence-corrected chi connectivity index (χ1v) is 2.62. The van der Waals surface area contributed by atoms with Crippen LogP contribution in [0.4, 0.5) is 0 Å². The van der Waals surface area contributed by atoms with Gasteiger partial charge < -0.3 is 9.47 Å². The van der Waals surface area contributed by atoms with Gasteiger partial charge in [-0.25, -0.2) is 4.79 Å². The predicted molar refractivity (Wildman–Crippen MR) is 28.2 cm³/mol. The normalized spacial score (nSPS) is 29.1. The highest BCUT2D eigenvalue weighted by atomic mass is 16.6. The summed E-state index contributed by atoms with van der Waals surface area (Å²) in [7, 11) is 0. The minimum atomic E-state index is -0.481. The van der Waals surface area contributed by atoms with Crippen molar-refractivity contribution in [2.45, 2.75) is 6.10 Å². The van der Waals surface area contributed by atoms with Crippen molar-refractivity contribution in [3.8, 4) is 0 Å². The van der Waals surface area contributed by atoms with E-state index in [0.717, 1.165) is 0 Å². The molecule has 0 aromatic rings. The average Bonchev–Trinajstić information content (AvgIpc) is 2.09. The third kappa shape index (κ3) is 0.543. The molecule has 2 aliphatic heterocycles. The number of allylic oxidation sites excluding steroid dienone is 1. The SMILES string of the molecule is O=C1OC2=CC1OC=C2. The van der Waals surface area contributed by atoms with E-state index in [9.17, 15) is 4.79 Å². The molecule has 2 aliphatic rings. The summed E-state index contributed by atoms with van der Waals surface area (Å²) in [5.41, 5.74) is 0. The van der Waals surface area contributed by atoms with Crippen LogP contribution in [0.5, 0.6) is 0 Å². The molecular weight excluding hydrogens is 120 g/mol. The van der Waals surface area contributed by atoms with Crippen LogP contribution in [0.25, 0.3) is 0 Å². The van der Waals surface area contributed by atoms with E-state index in [1.54, 1.807) is 12.2 Å². The van der Waals surface area contributed by atoms with Gasteiger partial charge in [-0.15, -0.1) is 0 Å². The Hall–Kier alpha value is -1.25. The maximum atomic E-state index is 10.6. The molecular formula is C6H4O3. The van der Waals surface area contributed by atoms with Crippen molar-refractivity contribution in [1.82, 2.24) is 0 Å². The molecule has 1 unspecified atom stereocenters. The Labute approximate surface area is 51.6 Å². The summed E-state index contributed by atoms with van der Waals surface area (Å²) in [6, 6.07) is 0. The van der Waals surface area contributed by atoms with E-state index in [2.05, 4.69) is 0 Å². The lowest BCUT2D eigenvalue weighted by molar-refractivity contribution is -0.142. The van der Waals surface area contributed by atoms with Crippen LogP contribution in [0.2, 0.25) is 0 Å². The third-order valence-electron chi connectivity index (χ3n) is 1.22. The number of rotatable bonds is 0. The van der Waals surface area contributed by atoms with Crippen molar-refractivity contribution in [3.05, 3.63) is 24.2 Å². The lowest BCUT2D eigenvalue weighted by Gasteiger charge is -2.01. The van der Waals surface area contributed by atoms with Gasteiger partial charge in [0.1, 0.15) is 5.76 Å². The average molecular weight is 124 g/mol. The highest BCUT2D eigenvalue weighted by Crippen LogP contribution is 2.19. The Balaban J connectivity index is 2.36. The largest absolute Gasteiger partial charge is 0.482 e. The first-order valence-electron chi connectivity index (χ1n) is 2.62. The van der Waals surface area contributed by atoms with Gasteiger partial charge in [-0.05, 0) is 0 Å². The van der Waals surface area contributed by atoms with Gasteiger partial charge in [-0.1, -0.05) is 0 Å². The first-order chi connectivity index (χ1) is 4.36. The first kappa shape index (κ1) is 4.61. The van der Waals surface area contributed by atoms with Crippen LogP contribution in [0.3, 0.4) is 0 Å². The molecule has 2 bridgehead atoms. The monoisotopic (exact) mass is 124 g/mol. The Morgan fingerprint density at radius 3 is 3.11 bits per heavy atom. The van der Waals surface area contributed by atoms with Gasteiger partial charge >= 0.3 is 5.97 Å². The molecule has 2 heterocycles. The second kappa shape index (κ2) is 1.37. The smallest absolute Gasteiger partial charge is 0.356 e. The number of esters is 1. The predicted octanol–water partition coefficient (Wildman–Crippen LogP) is 0.340. The summed E-state index contributed by atoms with van der Waals surface area (Å²) in [4.78, 5) is 10.6. The second-order valence-electron chi connectivity index (χ2n) is 1.85. The van der Waals surface area contributed by atoms with E-state index in [1.807, 2.05) is 0 Å². The van der Waals surface area contributed by atoms with Crippen molar-refractivity contribution in [2.24, 2.45) is 0 Å². The van der Waals surface area contributed by atoms with Crippen LogP contribution < -0.4 is 0 Å². The topological polar surface area (TPSA) is 35.5 Å². The molecule has 3 nitrogen and oxygen atoms in total. The molecule has 0 N–H and O–H groups in total. The van der Waals surface area contributed by atoms with Crippen molar-refractivity contribution >= 4 is 5.97 Å². The van der Waals surface area contributed by atoms with Gasteiger partial charge in [0.15, 0.2) is 0 Å². The van der Waals surface area contributed by atoms with Gasteiger partial charge in [0.2, 0.25) is 6.10 Å². The lowest BCUT2D eigenvalue weighted by Crippen LogP contribution is -2.15. The molecule has 2 rings (SSSR count). The molecule has 46 valence electrons. The molecule has 0 saturated carbocycles. The number of ether oxygens (including phenoxy) is 2. The fraction of sp³-hybridized carbons (Fsp3) is 0.167. The van der Waals surface area contributed by atoms with E-state index >= 15 is 0 Å². The van der Waals surface area contributed by atoms with Crippen LogP contribution in [0.1, 0.15) is 0 Å². The molecule has 0 aromatic carbocycles. The van der Waals surface area contributed by atoms with E-state index < -0.39 is 6.10 Å². The zero-order valence-corrected chi connectivity index (χ0v) is 4.53. The van der Waals surface area contributed by atoms with Crippen molar-refractivity contribution in [2.75, 3.05) is 0 Å². The van der Waals surface area contributed by atoms with E-state index in [1.165, 1.54) is 6.26 Å². The molecule has 3 heteroatoms. The number of carbonyl (C=O) groups is 1. The fourth-order valence-electron chi connectivity index (χ4n) is 0.801. The van der Waals surface area contributed by atoms with Gasteiger partial charge in [-0.3, -0.25) is 0 Å². The molecule has 1 atom stereocenters. The van der Waals surface area contributed by atoms with E-state index in [4.69, 9.17) is 9.47 Å². The molecule has 0 radical (unpaired) electrons. The van der Waals surface area contributed by atoms with Crippen molar-refractivity contribution in [1.29, 1.82) is 0 Å². The molecule has 0 aliphatic carbocycles. The Kier molecular flexibility index (Phi) is 0.704. The zero-order chi connectivity index (χ0) is 6.27. The summed E-state index contributed by atoms with van der Waals surface area (Å²) in [6.45, 7) is 0. The summed E-state index contributed by atoms with van der Waals surface area (Å²) >= 11 is 0. The molecule has 0 spiro atoms. The van der Waals surface area contributed by atoms with Crippen molar-refractivity contribution < 1.29 is 14.3 Å². The van der Waals surface area contributed by atoms with Gasteiger partial charge in [0, 0.05) is 12.2 Å². The van der Waals surface area contributed by atoms with Crippen LogP contribution in [0, 0.1) is 0 Å². The molecule has 0 fully saturated rings. The Morgan fingerprint density at radius 1 is 1.56 bits per heavy atom. The summed E-state index contributed by atoms with van der Waals surface area (Å²) in [5, 5.41) is 0. The lowest BCUT2D eigenvalue weighted by atomic mass is 10.3. The van der Waals surface area contributed by atoms with E-state index in [-0.39, 0.29) is 5.97 Å². The zero-order valence-electron chi connectivity index (χ0n) is 4.53. The second-order valence-corrected chi connectivity index (χ2v) is 1.85. The van der Waals surface area contributed by atoms with Crippen LogP contribution in [0.15, 0.2) is 24.2 Å². The molecule has 9 heavy (non-hydrogen) atoms. The Bertz CT molecular complexity index is 214. The van der Waals surface area contributed by atoms with Crippen LogP contribution >= 0.6 is 0 Å². The van der Waals surface area contributed by atoms with Gasteiger partial charge in [0.25, 0.3) is 0 Å². The number of hydrogen-bond donors (Lipinski definition) is 0. The maximum absolute atomic E-state index is 10.6. The highest BCUT2D eigenvalue weighted by molar-refractivity contribution is 5.82. The quantitative estimate of drug-likeness (QED) is 0.437. The molecule has 0 saturated heterocycles. The maximum Gasteiger partial charge on any atom is 0.356 e. The third-order valence-corrected chi connectivity index (χ3v) is 1.22. The van der Waals surface area contributed by atoms with Gasteiger partial charge in [-0.2, -0.15) is 0 Å². The van der Waals surface area contributed by atoms with Crippen LogP contribution in [-0.2, 0) is 14.3 Å². The van der Waals surface area contributed by atoms with Gasteiger partial charge in [0.05, 0.1) is 6.26 Å². The molecule has 0 aromatic heterocycles. The number of carbonyl (C=O) groups excluding carboxylic acids is 1. The highest BCUT2D eigenvalue weighted by Gasteiger charge is 2.29. The summed E-state index contributed by atoms with van der Waals surface area (Å²) < 4.78 is 9.55. The Morgan fingerprint density at radius 2 is 2.44 bits per heavy atom. The number of hydrogen-bond acceptors (Lipinski definition) is 3. The van der Waals surface area contributed by atoms with E-state index in [0.29, 0.717) is 5.76 Å². The number of fused-ring (bicyclic) bond motifs is 1. The fourth-order valence-corrected chi connectivity index (χ4v) is 0.801. The standard InChI is InChI=1S/C6H4O3/c7-6-5-3-4(9-6)1-2-8-5/h1-3,5H. The molecule has 0 amide bonds.